The monoisotopic (exact) mass is 399 g/mol. The number of hydrogen-bond donors (Lipinski definition) is 1. The number of para-hydroxylation sites is 1. The van der Waals surface area contributed by atoms with Crippen molar-refractivity contribution in [1.29, 1.82) is 0 Å². The first-order chi connectivity index (χ1) is 13.3. The zero-order valence-corrected chi connectivity index (χ0v) is 17.4. The molecule has 0 bridgehead atoms. The predicted molar refractivity (Wildman–Crippen MR) is 115 cm³/mol. The molecule has 1 N–H and O–H groups in total. The smallest absolute Gasteiger partial charge is 0.331 e. The average Bonchev–Trinajstić information content (AvgIpc) is 2.65. The van der Waals surface area contributed by atoms with Crippen LogP contribution in [0.1, 0.15) is 56.2 Å². The molecule has 0 unspecified atom stereocenters. The van der Waals surface area contributed by atoms with E-state index in [1.165, 1.54) is 6.08 Å². The van der Waals surface area contributed by atoms with Crippen molar-refractivity contribution in [3.05, 3.63) is 70.3 Å². The summed E-state index contributed by atoms with van der Waals surface area (Å²) in [6.45, 7) is 7.96. The van der Waals surface area contributed by atoms with Crippen molar-refractivity contribution in [2.75, 3.05) is 11.9 Å². The Bertz CT molecular complexity index is 846. The first-order valence-corrected chi connectivity index (χ1v) is 9.69. The van der Waals surface area contributed by atoms with E-state index in [1.807, 2.05) is 30.3 Å². The maximum Gasteiger partial charge on any atom is 0.331 e. The molecule has 0 spiro atoms. The van der Waals surface area contributed by atoms with Crippen LogP contribution in [0.3, 0.4) is 0 Å². The molecule has 0 atom stereocenters. The molecule has 4 nitrogen and oxygen atoms in total. The molecule has 2 aromatic carbocycles. The highest BCUT2D eigenvalue weighted by molar-refractivity contribution is 6.32. The van der Waals surface area contributed by atoms with Crippen molar-refractivity contribution in [2.45, 2.75) is 39.5 Å². The number of amides is 1. The summed E-state index contributed by atoms with van der Waals surface area (Å²) in [5, 5.41) is 3.46. The zero-order chi connectivity index (χ0) is 20.7. The minimum absolute atomic E-state index is 0.259. The fourth-order valence-corrected chi connectivity index (χ4v) is 3.02. The van der Waals surface area contributed by atoms with E-state index in [1.54, 1.807) is 18.2 Å². The first kappa shape index (κ1) is 21.7. The molecule has 0 fully saturated rings. The van der Waals surface area contributed by atoms with E-state index in [-0.39, 0.29) is 24.3 Å². The van der Waals surface area contributed by atoms with Crippen LogP contribution in [0.4, 0.5) is 5.69 Å². The van der Waals surface area contributed by atoms with Crippen LogP contribution in [0, 0.1) is 0 Å². The lowest BCUT2D eigenvalue weighted by molar-refractivity contribution is -0.142. The number of ether oxygens (including phenoxy) is 1. The Balaban J connectivity index is 2.01. The molecule has 0 radical (unpaired) electrons. The second-order valence-corrected chi connectivity index (χ2v) is 7.54. The molecular formula is C23H26ClNO3. The fraction of sp³-hybridized carbons (Fsp3) is 0.304. The van der Waals surface area contributed by atoms with Crippen LogP contribution in [-0.2, 0) is 14.3 Å². The van der Waals surface area contributed by atoms with Crippen LogP contribution in [0.15, 0.2) is 48.5 Å². The van der Waals surface area contributed by atoms with Gasteiger partial charge in [0.15, 0.2) is 6.61 Å². The Morgan fingerprint density at radius 3 is 2.18 bits per heavy atom. The predicted octanol–water partition coefficient (Wildman–Crippen LogP) is 5.78. The van der Waals surface area contributed by atoms with Gasteiger partial charge in [-0.3, -0.25) is 4.79 Å². The minimum Gasteiger partial charge on any atom is -0.452 e. The van der Waals surface area contributed by atoms with Gasteiger partial charge in [0.05, 0.1) is 0 Å². The van der Waals surface area contributed by atoms with Gasteiger partial charge in [-0.25, -0.2) is 4.79 Å². The van der Waals surface area contributed by atoms with E-state index in [9.17, 15) is 9.59 Å². The van der Waals surface area contributed by atoms with Crippen LogP contribution in [-0.4, -0.2) is 18.5 Å². The molecule has 0 aliphatic heterocycles. The minimum atomic E-state index is -0.601. The van der Waals surface area contributed by atoms with Crippen LogP contribution in [0.25, 0.3) is 6.08 Å². The maximum atomic E-state index is 12.4. The van der Waals surface area contributed by atoms with Crippen LogP contribution in [0.5, 0.6) is 0 Å². The summed E-state index contributed by atoms with van der Waals surface area (Å²) < 4.78 is 5.06. The Morgan fingerprint density at radius 1 is 1.00 bits per heavy atom. The van der Waals surface area contributed by atoms with E-state index in [2.05, 4.69) is 33.0 Å². The van der Waals surface area contributed by atoms with Crippen LogP contribution < -0.4 is 5.32 Å². The second-order valence-electron chi connectivity index (χ2n) is 7.13. The molecule has 2 aromatic rings. The number of rotatable bonds is 7. The van der Waals surface area contributed by atoms with E-state index >= 15 is 0 Å². The topological polar surface area (TPSA) is 55.4 Å². The molecular weight excluding hydrogens is 374 g/mol. The summed E-state index contributed by atoms with van der Waals surface area (Å²) in [5.41, 5.74) is 3.63. The SMILES string of the molecule is CC(C)c1cccc(C(C)C)c1NC(=O)COC(=O)C=Cc1ccccc1Cl. The molecule has 0 aliphatic rings. The number of nitrogens with one attached hydrogen (secondary N) is 1. The molecule has 28 heavy (non-hydrogen) atoms. The van der Waals surface area contributed by atoms with Gasteiger partial charge in [-0.15, -0.1) is 0 Å². The van der Waals surface area contributed by atoms with E-state index in [0.717, 1.165) is 16.8 Å². The van der Waals surface area contributed by atoms with Gasteiger partial charge in [-0.2, -0.15) is 0 Å². The van der Waals surface area contributed by atoms with Crippen molar-refractivity contribution in [3.8, 4) is 0 Å². The average molecular weight is 400 g/mol. The fourth-order valence-electron chi connectivity index (χ4n) is 2.82. The zero-order valence-electron chi connectivity index (χ0n) is 16.7. The number of benzene rings is 2. The Labute approximate surface area is 171 Å². The highest BCUT2D eigenvalue weighted by atomic mass is 35.5. The highest BCUT2D eigenvalue weighted by Crippen LogP contribution is 2.32. The summed E-state index contributed by atoms with van der Waals surface area (Å²) in [4.78, 5) is 24.3. The van der Waals surface area contributed by atoms with Gasteiger partial charge in [-0.1, -0.05) is 75.7 Å². The largest absolute Gasteiger partial charge is 0.452 e. The third-order valence-electron chi connectivity index (χ3n) is 4.29. The standard InChI is InChI=1S/C23H26ClNO3/c1-15(2)18-9-7-10-19(16(3)4)23(18)25-21(26)14-28-22(27)13-12-17-8-5-6-11-20(17)24/h5-13,15-16H,14H2,1-4H3,(H,25,26). The molecule has 0 saturated carbocycles. The van der Waals surface area contributed by atoms with E-state index in [0.29, 0.717) is 10.6 Å². The van der Waals surface area contributed by atoms with Gasteiger partial charge in [0, 0.05) is 16.8 Å². The molecule has 148 valence electrons. The van der Waals surface area contributed by atoms with Gasteiger partial charge >= 0.3 is 5.97 Å². The van der Waals surface area contributed by atoms with Crippen molar-refractivity contribution in [3.63, 3.8) is 0 Å². The highest BCUT2D eigenvalue weighted by Gasteiger charge is 2.16. The molecule has 0 heterocycles. The Hall–Kier alpha value is -2.59. The summed E-state index contributed by atoms with van der Waals surface area (Å²) >= 11 is 6.04. The lowest BCUT2D eigenvalue weighted by atomic mass is 9.92. The molecule has 0 saturated heterocycles. The first-order valence-electron chi connectivity index (χ1n) is 9.31. The second kappa shape index (κ2) is 10.1. The van der Waals surface area contributed by atoms with Crippen LogP contribution >= 0.6 is 11.6 Å². The molecule has 2 rings (SSSR count). The van der Waals surface area contributed by atoms with Gasteiger partial charge in [-0.05, 0) is 40.7 Å². The van der Waals surface area contributed by atoms with E-state index < -0.39 is 5.97 Å². The maximum absolute atomic E-state index is 12.4. The number of esters is 1. The van der Waals surface area contributed by atoms with E-state index in [4.69, 9.17) is 16.3 Å². The third-order valence-corrected chi connectivity index (χ3v) is 4.63. The molecule has 0 aromatic heterocycles. The van der Waals surface area contributed by atoms with Gasteiger partial charge in [0.25, 0.3) is 5.91 Å². The lowest BCUT2D eigenvalue weighted by Crippen LogP contribution is -2.22. The van der Waals surface area contributed by atoms with Crippen molar-refractivity contribution in [2.24, 2.45) is 0 Å². The lowest BCUT2D eigenvalue weighted by Gasteiger charge is -2.20. The van der Waals surface area contributed by atoms with Crippen molar-refractivity contribution in [1.82, 2.24) is 0 Å². The molecule has 5 heteroatoms. The van der Waals surface area contributed by atoms with Gasteiger partial charge < -0.3 is 10.1 Å². The van der Waals surface area contributed by atoms with Crippen molar-refractivity contribution >= 4 is 35.2 Å². The molecule has 1 amide bonds. The normalized spacial score (nSPS) is 11.2. The number of halogens is 1. The number of carbonyl (C=O) groups is 2. The summed E-state index contributed by atoms with van der Waals surface area (Å²) in [6, 6.07) is 13.2. The summed E-state index contributed by atoms with van der Waals surface area (Å²) in [6.07, 6.45) is 2.82. The summed E-state index contributed by atoms with van der Waals surface area (Å²) in [7, 11) is 0. The molecule has 0 aliphatic carbocycles. The van der Waals surface area contributed by atoms with Gasteiger partial charge in [0.2, 0.25) is 0 Å². The summed E-state index contributed by atoms with van der Waals surface area (Å²) in [5.74, 6) is -0.448. The Morgan fingerprint density at radius 2 is 1.61 bits per heavy atom. The Kier molecular flexibility index (Phi) is 7.82. The third kappa shape index (κ3) is 5.96. The van der Waals surface area contributed by atoms with Crippen molar-refractivity contribution < 1.29 is 14.3 Å². The van der Waals surface area contributed by atoms with Crippen LogP contribution in [0.2, 0.25) is 5.02 Å². The van der Waals surface area contributed by atoms with Gasteiger partial charge in [0.1, 0.15) is 0 Å². The number of carbonyl (C=O) groups excluding carboxylic acids is 2. The number of anilines is 1. The number of hydrogen-bond acceptors (Lipinski definition) is 3. The quantitative estimate of drug-likeness (QED) is 0.474.